The van der Waals surface area contributed by atoms with Crippen molar-refractivity contribution in [3.05, 3.63) is 29.3 Å². The molecule has 0 saturated carbocycles. The molecule has 0 radical (unpaired) electrons. The third-order valence-electron chi connectivity index (χ3n) is 6.62. The van der Waals surface area contributed by atoms with Crippen LogP contribution in [0.5, 0.6) is 0 Å². The molecule has 3 saturated heterocycles. The topological polar surface area (TPSA) is 56.6 Å². The number of ether oxygens (including phenoxy) is 1. The number of fused-ring (bicyclic) bond motifs is 1. The van der Waals surface area contributed by atoms with Gasteiger partial charge in [0.1, 0.15) is 5.69 Å². The molecule has 0 aromatic heterocycles. The summed E-state index contributed by atoms with van der Waals surface area (Å²) in [6.07, 6.45) is 3.21. The molecule has 150 valence electrons. The van der Waals surface area contributed by atoms with E-state index in [0.717, 1.165) is 31.5 Å². The number of carbonyl (C=O) groups is 1. The van der Waals surface area contributed by atoms with E-state index >= 15 is 0 Å². The molecule has 0 bridgehead atoms. The molecular formula is C21H25F2N3O2. The van der Waals surface area contributed by atoms with Crippen molar-refractivity contribution >= 4 is 11.6 Å². The van der Waals surface area contributed by atoms with Crippen LogP contribution in [0.4, 0.5) is 14.5 Å². The van der Waals surface area contributed by atoms with E-state index in [4.69, 9.17) is 10.00 Å². The van der Waals surface area contributed by atoms with Crippen LogP contribution in [0.2, 0.25) is 0 Å². The van der Waals surface area contributed by atoms with Gasteiger partial charge in [-0.05, 0) is 37.8 Å². The van der Waals surface area contributed by atoms with Gasteiger partial charge in [-0.2, -0.15) is 5.26 Å². The first-order valence-corrected chi connectivity index (χ1v) is 9.95. The number of halogens is 2. The van der Waals surface area contributed by atoms with Crippen molar-refractivity contribution in [2.75, 3.05) is 37.7 Å². The fourth-order valence-corrected chi connectivity index (χ4v) is 5.00. The van der Waals surface area contributed by atoms with Crippen LogP contribution in [0, 0.1) is 34.3 Å². The zero-order valence-electron chi connectivity index (χ0n) is 16.1. The van der Waals surface area contributed by atoms with E-state index < -0.39 is 11.6 Å². The first kappa shape index (κ1) is 19.1. The maximum atomic E-state index is 14.3. The molecule has 3 aliphatic heterocycles. The van der Waals surface area contributed by atoms with Crippen LogP contribution in [0.15, 0.2) is 12.1 Å². The zero-order chi connectivity index (χ0) is 19.9. The Hall–Kier alpha value is -2.20. The van der Waals surface area contributed by atoms with Gasteiger partial charge in [0.15, 0.2) is 11.6 Å². The van der Waals surface area contributed by atoms with E-state index in [9.17, 15) is 13.6 Å². The van der Waals surface area contributed by atoms with Crippen molar-refractivity contribution in [2.45, 2.75) is 38.6 Å². The van der Waals surface area contributed by atoms with E-state index in [1.54, 1.807) is 11.0 Å². The Morgan fingerprint density at radius 1 is 1.25 bits per heavy atom. The fourth-order valence-electron chi connectivity index (χ4n) is 5.00. The average molecular weight is 389 g/mol. The maximum Gasteiger partial charge on any atom is 0.226 e. The summed E-state index contributed by atoms with van der Waals surface area (Å²) < 4.78 is 34.3. The van der Waals surface area contributed by atoms with Crippen molar-refractivity contribution in [1.29, 1.82) is 5.26 Å². The summed E-state index contributed by atoms with van der Waals surface area (Å²) in [6.45, 7) is 5.11. The summed E-state index contributed by atoms with van der Waals surface area (Å²) in [5.41, 5.74) is -0.0843. The molecule has 28 heavy (non-hydrogen) atoms. The normalized spacial score (nSPS) is 28.1. The molecule has 0 unspecified atom stereocenters. The Labute approximate surface area is 163 Å². The summed E-state index contributed by atoms with van der Waals surface area (Å²) in [5, 5.41) is 8.84. The van der Waals surface area contributed by atoms with Crippen molar-refractivity contribution in [2.24, 2.45) is 11.3 Å². The van der Waals surface area contributed by atoms with Crippen LogP contribution in [0.1, 0.15) is 38.2 Å². The van der Waals surface area contributed by atoms with Crippen molar-refractivity contribution in [3.8, 4) is 6.07 Å². The third-order valence-corrected chi connectivity index (χ3v) is 6.62. The molecule has 3 fully saturated rings. The van der Waals surface area contributed by atoms with Crippen LogP contribution in [-0.4, -0.2) is 49.7 Å². The maximum absolute atomic E-state index is 14.3. The lowest BCUT2D eigenvalue weighted by Gasteiger charge is -2.45. The highest BCUT2D eigenvalue weighted by molar-refractivity contribution is 5.80. The van der Waals surface area contributed by atoms with Gasteiger partial charge in [-0.3, -0.25) is 4.79 Å². The van der Waals surface area contributed by atoms with Gasteiger partial charge in [-0.1, -0.05) is 6.92 Å². The molecular weight excluding hydrogens is 364 g/mol. The Bertz CT molecular complexity index is 793. The minimum atomic E-state index is -0.726. The van der Waals surface area contributed by atoms with E-state index in [1.165, 1.54) is 0 Å². The number of anilines is 1. The van der Waals surface area contributed by atoms with Crippen molar-refractivity contribution in [3.63, 3.8) is 0 Å². The Morgan fingerprint density at radius 2 is 1.93 bits per heavy atom. The van der Waals surface area contributed by atoms with Crippen molar-refractivity contribution in [1.82, 2.24) is 4.90 Å². The van der Waals surface area contributed by atoms with Gasteiger partial charge < -0.3 is 14.5 Å². The van der Waals surface area contributed by atoms with Gasteiger partial charge in [0, 0.05) is 31.0 Å². The van der Waals surface area contributed by atoms with Crippen LogP contribution in [-0.2, 0) is 9.53 Å². The third kappa shape index (κ3) is 3.24. The van der Waals surface area contributed by atoms with E-state index in [2.05, 4.69) is 6.92 Å². The second-order valence-corrected chi connectivity index (χ2v) is 8.48. The smallest absolute Gasteiger partial charge is 0.226 e. The van der Waals surface area contributed by atoms with E-state index in [1.807, 2.05) is 4.90 Å². The Balaban J connectivity index is 1.43. The number of nitriles is 1. The minimum Gasteiger partial charge on any atom is -0.379 e. The first-order valence-electron chi connectivity index (χ1n) is 9.95. The van der Waals surface area contributed by atoms with Crippen LogP contribution in [0.3, 0.4) is 0 Å². The highest BCUT2D eigenvalue weighted by Crippen LogP contribution is 2.41. The molecule has 1 aromatic rings. The number of hydrogen-bond donors (Lipinski definition) is 0. The largest absolute Gasteiger partial charge is 0.379 e. The highest BCUT2D eigenvalue weighted by atomic mass is 19.1. The van der Waals surface area contributed by atoms with Gasteiger partial charge in [-0.25, -0.2) is 8.78 Å². The van der Waals surface area contributed by atoms with Gasteiger partial charge in [-0.15, -0.1) is 0 Å². The van der Waals surface area contributed by atoms with Crippen LogP contribution < -0.4 is 4.90 Å². The van der Waals surface area contributed by atoms with E-state index in [-0.39, 0.29) is 34.5 Å². The molecule has 0 aliphatic carbocycles. The summed E-state index contributed by atoms with van der Waals surface area (Å²) in [7, 11) is 0. The number of amides is 1. The molecule has 2 atom stereocenters. The molecule has 7 heteroatoms. The highest BCUT2D eigenvalue weighted by Gasteiger charge is 2.48. The van der Waals surface area contributed by atoms with Gasteiger partial charge in [0.25, 0.3) is 0 Å². The van der Waals surface area contributed by atoms with E-state index in [0.29, 0.717) is 39.1 Å². The Kier molecular flexibility index (Phi) is 5.00. The second kappa shape index (κ2) is 7.32. The molecule has 3 aliphatic rings. The average Bonchev–Trinajstić information content (AvgIpc) is 3.09. The van der Waals surface area contributed by atoms with Gasteiger partial charge in [0.2, 0.25) is 5.91 Å². The standard InChI is InChI=1S/C21H25F2N3O2/c1-21-5-2-6-26(18(21)12-28-13-21)20(27)15-3-7-25(8-4-15)19-16(22)9-14(11-24)10-17(19)23/h9-10,15,18H,2-8,12-13H2,1H3/t18-,21+/m1/s1. The summed E-state index contributed by atoms with van der Waals surface area (Å²) in [4.78, 5) is 16.8. The minimum absolute atomic E-state index is 0.0317. The molecule has 5 nitrogen and oxygen atoms in total. The lowest BCUT2D eigenvalue weighted by Crippen LogP contribution is -2.55. The number of carbonyl (C=O) groups excluding carboxylic acids is 1. The predicted molar refractivity (Wildman–Crippen MR) is 99.7 cm³/mol. The monoisotopic (exact) mass is 389 g/mol. The Morgan fingerprint density at radius 3 is 2.57 bits per heavy atom. The molecule has 4 rings (SSSR count). The summed E-state index contributed by atoms with van der Waals surface area (Å²) in [5.74, 6) is -1.42. The zero-order valence-corrected chi connectivity index (χ0v) is 16.1. The SMILES string of the molecule is C[C@@]12CCCN(C(=O)C3CCN(c4c(F)cc(C#N)cc4F)CC3)[C@@H]1COC2. The number of piperidine rings is 2. The molecule has 0 N–H and O–H groups in total. The summed E-state index contributed by atoms with van der Waals surface area (Å²) >= 11 is 0. The number of likely N-dealkylation sites (tertiary alicyclic amines) is 1. The number of hydrogen-bond acceptors (Lipinski definition) is 4. The van der Waals surface area contributed by atoms with Gasteiger partial charge >= 0.3 is 0 Å². The predicted octanol–water partition coefficient (Wildman–Crippen LogP) is 3.08. The second-order valence-electron chi connectivity index (χ2n) is 8.48. The molecule has 1 aromatic carbocycles. The number of nitrogens with zero attached hydrogens (tertiary/aromatic N) is 3. The molecule has 3 heterocycles. The van der Waals surface area contributed by atoms with Crippen LogP contribution in [0.25, 0.3) is 0 Å². The number of benzene rings is 1. The summed E-state index contributed by atoms with van der Waals surface area (Å²) in [6, 6.07) is 4.02. The molecule has 0 spiro atoms. The lowest BCUT2D eigenvalue weighted by molar-refractivity contribution is -0.142. The van der Waals surface area contributed by atoms with Crippen LogP contribution >= 0.6 is 0 Å². The molecule has 1 amide bonds. The van der Waals surface area contributed by atoms with Crippen molar-refractivity contribution < 1.29 is 18.3 Å². The number of rotatable bonds is 2. The lowest BCUT2D eigenvalue weighted by atomic mass is 9.76. The first-order chi connectivity index (χ1) is 13.4. The fraction of sp³-hybridized carbons (Fsp3) is 0.619. The van der Waals surface area contributed by atoms with Gasteiger partial charge in [0.05, 0.1) is 30.9 Å². The quantitative estimate of drug-likeness (QED) is 0.780.